The fourth-order valence-electron chi connectivity index (χ4n) is 1.30. The highest BCUT2D eigenvalue weighted by Gasteiger charge is 2.27. The number of benzene rings is 1. The Morgan fingerprint density at radius 2 is 1.80 bits per heavy atom. The fourth-order valence-corrected chi connectivity index (χ4v) is 1.30. The number of alkyl halides is 3. The third-order valence-electron chi connectivity index (χ3n) is 2.31. The molecule has 1 rings (SSSR count). The van der Waals surface area contributed by atoms with Crippen molar-refractivity contribution in [1.82, 2.24) is 5.32 Å². The molecule has 20 heavy (non-hydrogen) atoms. The predicted octanol–water partition coefficient (Wildman–Crippen LogP) is 2.19. The van der Waals surface area contributed by atoms with Crippen LogP contribution < -0.4 is 5.32 Å². The van der Waals surface area contributed by atoms with Crippen LogP contribution in [0.3, 0.4) is 0 Å². The summed E-state index contributed by atoms with van der Waals surface area (Å²) in [6, 6.07) is 8.89. The molecule has 0 aliphatic carbocycles. The number of amides is 1. The SMILES string of the molecule is O=C(CCC(F)(F)F)NCC(=O)OCc1ccccc1. The number of hydrogen-bond donors (Lipinski definition) is 1. The number of halogens is 3. The highest BCUT2D eigenvalue weighted by atomic mass is 19.4. The maximum Gasteiger partial charge on any atom is 0.389 e. The zero-order valence-electron chi connectivity index (χ0n) is 10.6. The summed E-state index contributed by atoms with van der Waals surface area (Å²) in [5.74, 6) is -1.53. The van der Waals surface area contributed by atoms with Crippen molar-refractivity contribution in [2.75, 3.05) is 6.54 Å². The van der Waals surface area contributed by atoms with Gasteiger partial charge in [0.1, 0.15) is 13.2 Å². The van der Waals surface area contributed by atoms with Gasteiger partial charge in [0.25, 0.3) is 0 Å². The highest BCUT2D eigenvalue weighted by Crippen LogP contribution is 2.20. The quantitative estimate of drug-likeness (QED) is 0.817. The van der Waals surface area contributed by atoms with E-state index in [2.05, 4.69) is 5.32 Å². The fraction of sp³-hybridized carbons (Fsp3) is 0.385. The molecule has 0 atom stereocenters. The molecular weight excluding hydrogens is 275 g/mol. The molecule has 0 heterocycles. The summed E-state index contributed by atoms with van der Waals surface area (Å²) in [5, 5.41) is 2.08. The maximum atomic E-state index is 11.9. The largest absolute Gasteiger partial charge is 0.460 e. The van der Waals surface area contributed by atoms with Crippen LogP contribution in [-0.2, 0) is 20.9 Å². The molecule has 0 bridgehead atoms. The molecule has 4 nitrogen and oxygen atoms in total. The van der Waals surface area contributed by atoms with Crippen LogP contribution in [0.5, 0.6) is 0 Å². The third-order valence-corrected chi connectivity index (χ3v) is 2.31. The molecule has 0 aliphatic rings. The second-order valence-electron chi connectivity index (χ2n) is 4.04. The maximum absolute atomic E-state index is 11.9. The zero-order valence-corrected chi connectivity index (χ0v) is 10.6. The Balaban J connectivity index is 2.18. The lowest BCUT2D eigenvalue weighted by Crippen LogP contribution is -2.31. The Bertz CT molecular complexity index is 446. The average Bonchev–Trinajstić information content (AvgIpc) is 2.41. The van der Waals surface area contributed by atoms with Gasteiger partial charge in [-0.1, -0.05) is 30.3 Å². The second kappa shape index (κ2) is 7.52. The topological polar surface area (TPSA) is 55.4 Å². The van der Waals surface area contributed by atoms with E-state index in [1.165, 1.54) is 0 Å². The number of rotatable bonds is 6. The van der Waals surface area contributed by atoms with Crippen molar-refractivity contribution in [2.45, 2.75) is 25.6 Å². The molecule has 0 spiro atoms. The predicted molar refractivity (Wildman–Crippen MR) is 64.5 cm³/mol. The first-order chi connectivity index (χ1) is 9.37. The summed E-state index contributed by atoms with van der Waals surface area (Å²) in [6.07, 6.45) is -6.29. The normalized spacial score (nSPS) is 10.9. The molecule has 1 N–H and O–H groups in total. The third kappa shape index (κ3) is 7.40. The van der Waals surface area contributed by atoms with Gasteiger partial charge in [0.2, 0.25) is 5.91 Å². The van der Waals surface area contributed by atoms with Gasteiger partial charge in [0, 0.05) is 6.42 Å². The lowest BCUT2D eigenvalue weighted by Gasteiger charge is -2.08. The van der Waals surface area contributed by atoms with Crippen molar-refractivity contribution in [2.24, 2.45) is 0 Å². The van der Waals surface area contributed by atoms with E-state index in [0.29, 0.717) is 0 Å². The number of carbonyl (C=O) groups excluding carboxylic acids is 2. The second-order valence-corrected chi connectivity index (χ2v) is 4.04. The van der Waals surface area contributed by atoms with Crippen molar-refractivity contribution >= 4 is 11.9 Å². The minimum absolute atomic E-state index is 0.0537. The van der Waals surface area contributed by atoms with E-state index in [4.69, 9.17) is 4.74 Å². The lowest BCUT2D eigenvalue weighted by molar-refractivity contribution is -0.147. The molecule has 0 radical (unpaired) electrons. The number of hydrogen-bond acceptors (Lipinski definition) is 3. The van der Waals surface area contributed by atoms with Crippen molar-refractivity contribution in [3.63, 3.8) is 0 Å². The summed E-state index contributed by atoms with van der Waals surface area (Å²) in [6.45, 7) is -0.387. The van der Waals surface area contributed by atoms with Gasteiger partial charge >= 0.3 is 12.1 Å². The smallest absolute Gasteiger partial charge is 0.389 e. The number of ether oxygens (including phenoxy) is 1. The van der Waals surface area contributed by atoms with Crippen LogP contribution in [0.2, 0.25) is 0 Å². The van der Waals surface area contributed by atoms with E-state index in [1.807, 2.05) is 6.07 Å². The molecule has 0 aromatic heterocycles. The van der Waals surface area contributed by atoms with Crippen molar-refractivity contribution < 1.29 is 27.5 Å². The molecular formula is C13H14F3NO3. The first-order valence-corrected chi connectivity index (χ1v) is 5.90. The van der Waals surface area contributed by atoms with Crippen LogP contribution in [0.25, 0.3) is 0 Å². The molecule has 0 fully saturated rings. The molecule has 1 aromatic rings. The summed E-state index contributed by atoms with van der Waals surface area (Å²) in [7, 11) is 0. The first-order valence-electron chi connectivity index (χ1n) is 5.90. The Labute approximate surface area is 113 Å². The van der Waals surface area contributed by atoms with E-state index in [-0.39, 0.29) is 6.61 Å². The standard InChI is InChI=1S/C13H14F3NO3/c14-13(15,16)7-6-11(18)17-8-12(19)20-9-10-4-2-1-3-5-10/h1-5H,6-9H2,(H,17,18). The highest BCUT2D eigenvalue weighted by molar-refractivity contribution is 5.81. The average molecular weight is 289 g/mol. The van der Waals surface area contributed by atoms with E-state index < -0.39 is 37.4 Å². The molecule has 7 heteroatoms. The van der Waals surface area contributed by atoms with Crippen molar-refractivity contribution in [3.8, 4) is 0 Å². The summed E-state index contributed by atoms with van der Waals surface area (Å²) in [4.78, 5) is 22.3. The summed E-state index contributed by atoms with van der Waals surface area (Å²) in [5.41, 5.74) is 0.782. The van der Waals surface area contributed by atoms with Gasteiger partial charge < -0.3 is 10.1 Å². The molecule has 110 valence electrons. The van der Waals surface area contributed by atoms with Gasteiger partial charge in [-0.15, -0.1) is 0 Å². The Hall–Kier alpha value is -2.05. The van der Waals surface area contributed by atoms with E-state index in [0.717, 1.165) is 5.56 Å². The van der Waals surface area contributed by atoms with Gasteiger partial charge in [0.05, 0.1) is 6.42 Å². The van der Waals surface area contributed by atoms with E-state index in [9.17, 15) is 22.8 Å². The summed E-state index contributed by atoms with van der Waals surface area (Å²) >= 11 is 0. The number of carbonyl (C=O) groups is 2. The van der Waals surface area contributed by atoms with Crippen LogP contribution in [0.1, 0.15) is 18.4 Å². The van der Waals surface area contributed by atoms with Crippen LogP contribution in [-0.4, -0.2) is 24.6 Å². The molecule has 0 unspecified atom stereocenters. The van der Waals surface area contributed by atoms with Crippen molar-refractivity contribution in [1.29, 1.82) is 0 Å². The van der Waals surface area contributed by atoms with Gasteiger partial charge in [0.15, 0.2) is 0 Å². The molecule has 1 amide bonds. The van der Waals surface area contributed by atoms with Crippen LogP contribution in [0, 0.1) is 0 Å². The van der Waals surface area contributed by atoms with Crippen LogP contribution in [0.15, 0.2) is 30.3 Å². The van der Waals surface area contributed by atoms with Gasteiger partial charge in [-0.25, -0.2) is 0 Å². The number of nitrogens with one attached hydrogen (secondary N) is 1. The molecule has 0 saturated carbocycles. The Morgan fingerprint density at radius 3 is 2.40 bits per heavy atom. The van der Waals surface area contributed by atoms with Crippen LogP contribution in [0.4, 0.5) is 13.2 Å². The van der Waals surface area contributed by atoms with Gasteiger partial charge in [-0.3, -0.25) is 9.59 Å². The Kier molecular flexibility index (Phi) is 6.02. The lowest BCUT2D eigenvalue weighted by atomic mass is 10.2. The molecule has 0 aliphatic heterocycles. The van der Waals surface area contributed by atoms with Gasteiger partial charge in [-0.05, 0) is 5.56 Å². The monoisotopic (exact) mass is 289 g/mol. The van der Waals surface area contributed by atoms with Crippen molar-refractivity contribution in [3.05, 3.63) is 35.9 Å². The Morgan fingerprint density at radius 1 is 1.15 bits per heavy atom. The van der Waals surface area contributed by atoms with E-state index in [1.54, 1.807) is 24.3 Å². The van der Waals surface area contributed by atoms with E-state index >= 15 is 0 Å². The summed E-state index contributed by atoms with van der Waals surface area (Å²) < 4.78 is 40.4. The minimum atomic E-state index is -4.38. The minimum Gasteiger partial charge on any atom is -0.460 e. The first kappa shape index (κ1) is 16.0. The van der Waals surface area contributed by atoms with Crippen LogP contribution >= 0.6 is 0 Å². The number of esters is 1. The zero-order chi connectivity index (χ0) is 15.0. The van der Waals surface area contributed by atoms with Gasteiger partial charge in [-0.2, -0.15) is 13.2 Å². The molecule has 0 saturated heterocycles. The molecule has 1 aromatic carbocycles.